The second-order valence-electron chi connectivity index (χ2n) is 7.43. The molecule has 1 fully saturated rings. The first-order valence-corrected chi connectivity index (χ1v) is 9.87. The normalized spacial score (nSPS) is 16.5. The number of piperidine rings is 1. The molecule has 7 nitrogen and oxygen atoms in total. The SMILES string of the molecule is Nc1ccc(-c2cccnc2F)nc1C(=O)Cc1cnccc1N1CCC[C@H](N)C1. The molecular weight excluding hydrogens is 383 g/mol. The monoisotopic (exact) mass is 406 g/mol. The van der Waals surface area contributed by atoms with E-state index in [2.05, 4.69) is 19.9 Å². The molecule has 0 radical (unpaired) electrons. The lowest BCUT2D eigenvalue weighted by molar-refractivity contribution is 0.0989. The van der Waals surface area contributed by atoms with Crippen LogP contribution in [-0.4, -0.2) is 39.9 Å². The molecule has 0 aliphatic carbocycles. The number of ketones is 1. The van der Waals surface area contributed by atoms with E-state index in [1.54, 1.807) is 36.7 Å². The molecule has 0 unspecified atom stereocenters. The van der Waals surface area contributed by atoms with Crippen LogP contribution in [0.4, 0.5) is 15.8 Å². The van der Waals surface area contributed by atoms with E-state index in [0.717, 1.165) is 37.2 Å². The van der Waals surface area contributed by atoms with E-state index in [-0.39, 0.29) is 35.2 Å². The van der Waals surface area contributed by atoms with Gasteiger partial charge in [-0.1, -0.05) is 0 Å². The molecule has 1 aliphatic heterocycles. The zero-order chi connectivity index (χ0) is 21.1. The first-order valence-electron chi connectivity index (χ1n) is 9.87. The number of rotatable bonds is 5. The van der Waals surface area contributed by atoms with Crippen LogP contribution in [0.1, 0.15) is 28.9 Å². The molecule has 1 aliphatic rings. The summed E-state index contributed by atoms with van der Waals surface area (Å²) in [6, 6.07) is 8.33. The Labute approximate surface area is 174 Å². The number of Topliss-reactive ketones (excluding diaryl/α,β-unsaturated/α-hetero) is 1. The van der Waals surface area contributed by atoms with Crippen LogP contribution >= 0.6 is 0 Å². The molecule has 1 saturated heterocycles. The van der Waals surface area contributed by atoms with Crippen LogP contribution in [0.2, 0.25) is 0 Å². The number of nitrogen functional groups attached to an aromatic ring is 1. The number of nitrogens with two attached hydrogens (primary N) is 2. The van der Waals surface area contributed by atoms with Crippen molar-refractivity contribution in [2.24, 2.45) is 5.73 Å². The quantitative estimate of drug-likeness (QED) is 0.495. The van der Waals surface area contributed by atoms with Gasteiger partial charge in [0.1, 0.15) is 5.69 Å². The van der Waals surface area contributed by atoms with Gasteiger partial charge in [-0.05, 0) is 43.2 Å². The van der Waals surface area contributed by atoms with Crippen LogP contribution in [0.3, 0.4) is 0 Å². The Balaban J connectivity index is 1.62. The zero-order valence-electron chi connectivity index (χ0n) is 16.5. The van der Waals surface area contributed by atoms with Crippen molar-refractivity contribution in [1.29, 1.82) is 0 Å². The third-order valence-corrected chi connectivity index (χ3v) is 5.25. The number of aromatic nitrogens is 3. The molecule has 3 aromatic heterocycles. The second-order valence-corrected chi connectivity index (χ2v) is 7.43. The number of hydrogen-bond acceptors (Lipinski definition) is 7. The summed E-state index contributed by atoms with van der Waals surface area (Å²) >= 11 is 0. The lowest BCUT2D eigenvalue weighted by Crippen LogP contribution is -2.43. The molecule has 0 saturated carbocycles. The zero-order valence-corrected chi connectivity index (χ0v) is 16.5. The lowest BCUT2D eigenvalue weighted by atomic mass is 10.0. The fourth-order valence-corrected chi connectivity index (χ4v) is 3.77. The summed E-state index contributed by atoms with van der Waals surface area (Å²) in [7, 11) is 0. The van der Waals surface area contributed by atoms with Crippen LogP contribution in [0.15, 0.2) is 48.9 Å². The highest BCUT2D eigenvalue weighted by Gasteiger charge is 2.22. The average Bonchev–Trinajstić information content (AvgIpc) is 2.75. The van der Waals surface area contributed by atoms with E-state index in [1.807, 2.05) is 6.07 Å². The molecular formula is C22H23FN6O. The number of anilines is 2. The van der Waals surface area contributed by atoms with Gasteiger partial charge in [0.2, 0.25) is 5.95 Å². The maximum absolute atomic E-state index is 14.1. The summed E-state index contributed by atoms with van der Waals surface area (Å²) in [4.78, 5) is 27.4. The molecule has 4 N–H and O–H groups in total. The highest BCUT2D eigenvalue weighted by molar-refractivity contribution is 6.01. The minimum atomic E-state index is -0.649. The van der Waals surface area contributed by atoms with Gasteiger partial charge >= 0.3 is 0 Å². The number of halogens is 1. The van der Waals surface area contributed by atoms with E-state index in [1.165, 1.54) is 6.20 Å². The van der Waals surface area contributed by atoms with E-state index in [4.69, 9.17) is 11.5 Å². The maximum atomic E-state index is 14.1. The smallest absolute Gasteiger partial charge is 0.222 e. The predicted octanol–water partition coefficient (Wildman–Crippen LogP) is 2.61. The van der Waals surface area contributed by atoms with Gasteiger partial charge in [0, 0.05) is 55.4 Å². The predicted molar refractivity (Wildman–Crippen MR) is 114 cm³/mol. The van der Waals surface area contributed by atoms with E-state index >= 15 is 0 Å². The summed E-state index contributed by atoms with van der Waals surface area (Å²) in [6.07, 6.45) is 6.85. The molecule has 3 aromatic rings. The van der Waals surface area contributed by atoms with E-state index in [9.17, 15) is 9.18 Å². The number of carbonyl (C=O) groups excluding carboxylic acids is 1. The molecule has 0 bridgehead atoms. The van der Waals surface area contributed by atoms with Crippen molar-refractivity contribution >= 4 is 17.2 Å². The van der Waals surface area contributed by atoms with Crippen LogP contribution in [0.5, 0.6) is 0 Å². The minimum absolute atomic E-state index is 0.0884. The molecule has 1 atom stereocenters. The van der Waals surface area contributed by atoms with Crippen LogP contribution < -0.4 is 16.4 Å². The number of pyridine rings is 3. The van der Waals surface area contributed by atoms with Gasteiger partial charge in [-0.15, -0.1) is 0 Å². The molecule has 0 amide bonds. The number of nitrogens with zero attached hydrogens (tertiary/aromatic N) is 4. The molecule has 0 aromatic carbocycles. The first-order chi connectivity index (χ1) is 14.5. The van der Waals surface area contributed by atoms with Crippen LogP contribution in [-0.2, 0) is 6.42 Å². The Morgan fingerprint density at radius 3 is 2.90 bits per heavy atom. The van der Waals surface area contributed by atoms with Crippen molar-refractivity contribution in [3.8, 4) is 11.3 Å². The fourth-order valence-electron chi connectivity index (χ4n) is 3.77. The first kappa shape index (κ1) is 19.9. The average molecular weight is 406 g/mol. The van der Waals surface area contributed by atoms with Gasteiger partial charge < -0.3 is 16.4 Å². The Morgan fingerprint density at radius 1 is 1.23 bits per heavy atom. The van der Waals surface area contributed by atoms with Gasteiger partial charge in [-0.3, -0.25) is 9.78 Å². The Hall–Kier alpha value is -3.39. The van der Waals surface area contributed by atoms with Crippen LogP contribution in [0, 0.1) is 5.95 Å². The fraction of sp³-hybridized carbons (Fsp3) is 0.273. The highest BCUT2D eigenvalue weighted by Crippen LogP contribution is 2.26. The molecule has 4 rings (SSSR count). The van der Waals surface area contributed by atoms with Gasteiger partial charge in [-0.25, -0.2) is 9.97 Å². The third kappa shape index (κ3) is 4.13. The van der Waals surface area contributed by atoms with Gasteiger partial charge in [0.05, 0.1) is 16.9 Å². The second kappa shape index (κ2) is 8.54. The van der Waals surface area contributed by atoms with E-state index in [0.29, 0.717) is 5.69 Å². The molecule has 0 spiro atoms. The molecule has 154 valence electrons. The molecule has 4 heterocycles. The number of carbonyl (C=O) groups is 1. The van der Waals surface area contributed by atoms with Crippen molar-refractivity contribution in [3.63, 3.8) is 0 Å². The summed E-state index contributed by atoms with van der Waals surface area (Å²) in [6.45, 7) is 1.62. The summed E-state index contributed by atoms with van der Waals surface area (Å²) in [5.41, 5.74) is 14.8. The molecule has 8 heteroatoms. The van der Waals surface area contributed by atoms with Crippen molar-refractivity contribution < 1.29 is 9.18 Å². The van der Waals surface area contributed by atoms with Crippen molar-refractivity contribution in [2.75, 3.05) is 23.7 Å². The van der Waals surface area contributed by atoms with E-state index < -0.39 is 5.95 Å². The topological polar surface area (TPSA) is 111 Å². The standard InChI is InChI=1S/C22H23FN6O/c23-22-16(4-1-8-27-22)18-6-5-17(25)21(28-18)20(30)11-14-12-26-9-7-19(14)29-10-2-3-15(24)13-29/h1,4-9,12,15H,2-3,10-11,13,24-25H2/t15-/m0/s1. The largest absolute Gasteiger partial charge is 0.397 e. The number of hydrogen-bond donors (Lipinski definition) is 2. The maximum Gasteiger partial charge on any atom is 0.222 e. The van der Waals surface area contributed by atoms with Crippen molar-refractivity contribution in [2.45, 2.75) is 25.3 Å². The summed E-state index contributed by atoms with van der Waals surface area (Å²) in [5, 5.41) is 0. The van der Waals surface area contributed by atoms with Gasteiger partial charge in [0.15, 0.2) is 5.78 Å². The summed E-state index contributed by atoms with van der Waals surface area (Å²) < 4.78 is 14.1. The van der Waals surface area contributed by atoms with Crippen molar-refractivity contribution in [1.82, 2.24) is 15.0 Å². The summed E-state index contributed by atoms with van der Waals surface area (Å²) in [5.74, 6) is -0.904. The minimum Gasteiger partial charge on any atom is -0.397 e. The Kier molecular flexibility index (Phi) is 5.67. The van der Waals surface area contributed by atoms with Crippen molar-refractivity contribution in [3.05, 3.63) is 66.1 Å². The van der Waals surface area contributed by atoms with Gasteiger partial charge in [-0.2, -0.15) is 4.39 Å². The Bertz CT molecular complexity index is 1070. The van der Waals surface area contributed by atoms with Crippen LogP contribution in [0.25, 0.3) is 11.3 Å². The molecule has 30 heavy (non-hydrogen) atoms. The lowest BCUT2D eigenvalue weighted by Gasteiger charge is -2.33. The Morgan fingerprint density at radius 2 is 2.10 bits per heavy atom. The van der Waals surface area contributed by atoms with Gasteiger partial charge in [0.25, 0.3) is 0 Å². The third-order valence-electron chi connectivity index (χ3n) is 5.25. The highest BCUT2D eigenvalue weighted by atomic mass is 19.1.